The van der Waals surface area contributed by atoms with Gasteiger partial charge in [-0.15, -0.1) is 0 Å². The Kier molecular flexibility index (Phi) is 4.57. The van der Waals surface area contributed by atoms with Crippen LogP contribution in [-0.2, 0) is 4.74 Å². The highest BCUT2D eigenvalue weighted by Crippen LogP contribution is 2.16. The van der Waals surface area contributed by atoms with Gasteiger partial charge in [0.2, 0.25) is 0 Å². The van der Waals surface area contributed by atoms with Crippen molar-refractivity contribution in [1.29, 1.82) is 0 Å². The summed E-state index contributed by atoms with van der Waals surface area (Å²) in [6, 6.07) is 0.306. The fourth-order valence-corrected chi connectivity index (χ4v) is 1.75. The van der Waals surface area contributed by atoms with Crippen LogP contribution in [0, 0.1) is 0 Å². The lowest BCUT2D eigenvalue weighted by Crippen LogP contribution is -2.42. The molecule has 1 heterocycles. The van der Waals surface area contributed by atoms with E-state index in [1.165, 1.54) is 5.57 Å². The smallest absolute Gasteiger partial charge is 0.410 e. The molecule has 4 nitrogen and oxygen atoms in total. The number of carbonyl (C=O) groups is 1. The molecule has 0 aromatic rings. The number of ether oxygens (including phenoxy) is 1. The molecule has 1 aliphatic rings. The standard InChI is InChI=1S/C13H24N2O2/c1-10(14-5)11-7-6-8-15(9-11)12(16)17-13(2,3)4/h7,10,14H,6,8-9H2,1-5H3. The molecule has 1 aliphatic heterocycles. The molecular weight excluding hydrogens is 216 g/mol. The van der Waals surface area contributed by atoms with Crippen molar-refractivity contribution in [3.63, 3.8) is 0 Å². The summed E-state index contributed by atoms with van der Waals surface area (Å²) in [7, 11) is 1.93. The zero-order valence-electron chi connectivity index (χ0n) is 11.5. The Bertz CT molecular complexity index is 305. The maximum atomic E-state index is 11.9. The van der Waals surface area contributed by atoms with Crippen molar-refractivity contribution in [3.05, 3.63) is 11.6 Å². The van der Waals surface area contributed by atoms with Crippen LogP contribution in [0.25, 0.3) is 0 Å². The third-order valence-corrected chi connectivity index (χ3v) is 2.82. The molecule has 0 spiro atoms. The van der Waals surface area contributed by atoms with Gasteiger partial charge in [-0.1, -0.05) is 6.08 Å². The van der Waals surface area contributed by atoms with Gasteiger partial charge in [-0.05, 0) is 46.7 Å². The van der Waals surface area contributed by atoms with Gasteiger partial charge in [-0.2, -0.15) is 0 Å². The van der Waals surface area contributed by atoms with E-state index < -0.39 is 5.60 Å². The number of nitrogens with zero attached hydrogens (tertiary/aromatic N) is 1. The number of hydrogen-bond donors (Lipinski definition) is 1. The Morgan fingerprint density at radius 2 is 2.18 bits per heavy atom. The Hall–Kier alpha value is -1.03. The lowest BCUT2D eigenvalue weighted by Gasteiger charge is -2.31. The van der Waals surface area contributed by atoms with Crippen LogP contribution < -0.4 is 5.32 Å². The fraction of sp³-hybridized carbons (Fsp3) is 0.769. The largest absolute Gasteiger partial charge is 0.444 e. The van der Waals surface area contributed by atoms with Crippen LogP contribution in [0.5, 0.6) is 0 Å². The van der Waals surface area contributed by atoms with Crippen LogP contribution in [0.4, 0.5) is 4.79 Å². The highest BCUT2D eigenvalue weighted by molar-refractivity contribution is 5.68. The third-order valence-electron chi connectivity index (χ3n) is 2.82. The average Bonchev–Trinajstić information content (AvgIpc) is 2.26. The lowest BCUT2D eigenvalue weighted by molar-refractivity contribution is 0.0259. The first-order valence-electron chi connectivity index (χ1n) is 6.17. The number of carbonyl (C=O) groups excluding carboxylic acids is 1. The molecule has 1 N–H and O–H groups in total. The van der Waals surface area contributed by atoms with Gasteiger partial charge in [0.15, 0.2) is 0 Å². The molecule has 0 aliphatic carbocycles. The normalized spacial score (nSPS) is 18.6. The third kappa shape index (κ3) is 4.38. The SMILES string of the molecule is CNC(C)C1=CCCN(C(=O)OC(C)(C)C)C1. The van der Waals surface area contributed by atoms with Crippen LogP contribution in [0.2, 0.25) is 0 Å². The molecule has 98 valence electrons. The van der Waals surface area contributed by atoms with Gasteiger partial charge in [-0.3, -0.25) is 0 Å². The monoisotopic (exact) mass is 240 g/mol. The number of hydrogen-bond acceptors (Lipinski definition) is 3. The van der Waals surface area contributed by atoms with Gasteiger partial charge in [0.05, 0.1) is 0 Å². The molecule has 0 radical (unpaired) electrons. The molecule has 0 fully saturated rings. The zero-order valence-corrected chi connectivity index (χ0v) is 11.5. The molecule has 4 heteroatoms. The van der Waals surface area contributed by atoms with E-state index in [0.29, 0.717) is 12.6 Å². The quantitative estimate of drug-likeness (QED) is 0.752. The van der Waals surface area contributed by atoms with E-state index in [4.69, 9.17) is 4.74 Å². The van der Waals surface area contributed by atoms with E-state index in [-0.39, 0.29) is 6.09 Å². The molecule has 17 heavy (non-hydrogen) atoms. The molecule has 1 atom stereocenters. The highest BCUT2D eigenvalue weighted by atomic mass is 16.6. The zero-order chi connectivity index (χ0) is 13.1. The minimum absolute atomic E-state index is 0.216. The van der Waals surface area contributed by atoms with E-state index in [2.05, 4.69) is 18.3 Å². The van der Waals surface area contributed by atoms with Crippen molar-refractivity contribution < 1.29 is 9.53 Å². The molecule has 0 saturated heterocycles. The Labute approximate surface area is 104 Å². The molecule has 0 aromatic carbocycles. The predicted molar refractivity (Wildman–Crippen MR) is 69.0 cm³/mol. The van der Waals surface area contributed by atoms with Crippen LogP contribution in [0.3, 0.4) is 0 Å². The van der Waals surface area contributed by atoms with Gasteiger partial charge in [-0.25, -0.2) is 4.79 Å². The van der Waals surface area contributed by atoms with Crippen molar-refractivity contribution in [2.75, 3.05) is 20.1 Å². The Morgan fingerprint density at radius 3 is 2.71 bits per heavy atom. The first-order valence-corrected chi connectivity index (χ1v) is 6.17. The lowest BCUT2D eigenvalue weighted by atomic mass is 10.0. The van der Waals surface area contributed by atoms with Crippen LogP contribution >= 0.6 is 0 Å². The van der Waals surface area contributed by atoms with Gasteiger partial charge in [0, 0.05) is 19.1 Å². The average molecular weight is 240 g/mol. The van der Waals surface area contributed by atoms with Gasteiger partial charge >= 0.3 is 6.09 Å². The summed E-state index contributed by atoms with van der Waals surface area (Å²) >= 11 is 0. The fourth-order valence-electron chi connectivity index (χ4n) is 1.75. The summed E-state index contributed by atoms with van der Waals surface area (Å²) in [5.41, 5.74) is 0.831. The first kappa shape index (κ1) is 14.0. The minimum atomic E-state index is -0.424. The van der Waals surface area contributed by atoms with E-state index in [9.17, 15) is 4.79 Å². The summed E-state index contributed by atoms with van der Waals surface area (Å²) in [5, 5.41) is 3.20. The minimum Gasteiger partial charge on any atom is -0.444 e. The van der Waals surface area contributed by atoms with Gasteiger partial charge < -0.3 is 15.0 Å². The number of amides is 1. The summed E-state index contributed by atoms with van der Waals surface area (Å²) < 4.78 is 5.38. The van der Waals surface area contributed by atoms with Crippen molar-refractivity contribution >= 4 is 6.09 Å². The summed E-state index contributed by atoms with van der Waals surface area (Å²) in [5.74, 6) is 0. The maximum Gasteiger partial charge on any atom is 0.410 e. The number of likely N-dealkylation sites (N-methyl/N-ethyl adjacent to an activating group) is 1. The Morgan fingerprint density at radius 1 is 1.53 bits per heavy atom. The molecular formula is C13H24N2O2. The number of nitrogens with one attached hydrogen (secondary N) is 1. The summed E-state index contributed by atoms with van der Waals surface area (Å²) in [6.45, 7) is 9.18. The van der Waals surface area contributed by atoms with Crippen LogP contribution in [-0.4, -0.2) is 42.8 Å². The summed E-state index contributed by atoms with van der Waals surface area (Å²) in [6.07, 6.45) is 2.90. The molecule has 0 saturated carbocycles. The van der Waals surface area contributed by atoms with Crippen molar-refractivity contribution in [3.8, 4) is 0 Å². The van der Waals surface area contributed by atoms with E-state index in [1.807, 2.05) is 27.8 Å². The van der Waals surface area contributed by atoms with Crippen LogP contribution in [0.15, 0.2) is 11.6 Å². The molecule has 0 bridgehead atoms. The second kappa shape index (κ2) is 5.54. The van der Waals surface area contributed by atoms with Crippen molar-refractivity contribution in [1.82, 2.24) is 10.2 Å². The molecule has 1 amide bonds. The van der Waals surface area contributed by atoms with E-state index >= 15 is 0 Å². The Balaban J connectivity index is 2.58. The van der Waals surface area contributed by atoms with Crippen molar-refractivity contribution in [2.45, 2.75) is 45.8 Å². The second-order valence-corrected chi connectivity index (χ2v) is 5.48. The first-order chi connectivity index (χ1) is 7.83. The molecule has 0 aromatic heterocycles. The molecule has 1 unspecified atom stereocenters. The van der Waals surface area contributed by atoms with Gasteiger partial charge in [0.25, 0.3) is 0 Å². The highest BCUT2D eigenvalue weighted by Gasteiger charge is 2.25. The topological polar surface area (TPSA) is 41.6 Å². The summed E-state index contributed by atoms with van der Waals surface area (Å²) in [4.78, 5) is 13.7. The van der Waals surface area contributed by atoms with Crippen molar-refractivity contribution in [2.24, 2.45) is 0 Å². The second-order valence-electron chi connectivity index (χ2n) is 5.48. The molecule has 1 rings (SSSR count). The van der Waals surface area contributed by atoms with E-state index in [1.54, 1.807) is 4.90 Å². The maximum absolute atomic E-state index is 11.9. The number of rotatable bonds is 2. The van der Waals surface area contributed by atoms with Crippen LogP contribution in [0.1, 0.15) is 34.1 Å². The van der Waals surface area contributed by atoms with E-state index in [0.717, 1.165) is 13.0 Å². The predicted octanol–water partition coefficient (Wildman–Crippen LogP) is 2.16. The van der Waals surface area contributed by atoms with Gasteiger partial charge in [0.1, 0.15) is 5.60 Å².